The Kier molecular flexibility index (Phi) is 247. The zero-order valence-electron chi connectivity index (χ0n) is 12.7. The van der Waals surface area contributed by atoms with Gasteiger partial charge < -0.3 is 26.6 Å². The molecule has 105 valence electrons. The van der Waals surface area contributed by atoms with Crippen LogP contribution in [0.25, 0.3) is 26.6 Å². The monoisotopic (exact) mass is 271 g/mol. The molecule has 0 aliphatic rings. The van der Waals surface area contributed by atoms with Crippen molar-refractivity contribution in [1.29, 1.82) is 0 Å². The Morgan fingerprint density at radius 3 is 0.312 bits per heavy atom. The molecule has 0 N–H and O–H groups in total. The van der Waals surface area contributed by atoms with Gasteiger partial charge in [-0.2, -0.15) is 70.5 Å². The van der Waals surface area contributed by atoms with Crippen molar-refractivity contribution in [3.05, 3.63) is 26.6 Å². The predicted octanol–water partition coefficient (Wildman–Crippen LogP) is 3.10. The average Bonchev–Trinajstić information content (AvgIpc) is 2.09. The van der Waals surface area contributed by atoms with Gasteiger partial charge in [0, 0.05) is 18.6 Å². The molecular weight excluding hydrogens is 241 g/mol. The zero-order valence-corrected chi connectivity index (χ0v) is 14.1. The van der Waals surface area contributed by atoms with Gasteiger partial charge >= 0.3 is 0 Å². The smallest absolute Gasteiger partial charge is 0 e. The Bertz CT molecular complexity index is 30.8. The Morgan fingerprint density at radius 2 is 0.312 bits per heavy atom. The second kappa shape index (κ2) is 110. The van der Waals surface area contributed by atoms with Gasteiger partial charge in [-0.3, -0.25) is 0 Å². The third kappa shape index (κ3) is 17400. The van der Waals surface area contributed by atoms with Gasteiger partial charge in [0.05, 0.1) is 0 Å². The first-order valence-electron chi connectivity index (χ1n) is 4.47. The molecule has 0 saturated heterocycles. The van der Waals surface area contributed by atoms with E-state index in [1.54, 1.807) is 70.5 Å². The molecule has 0 aromatic carbocycles. The van der Waals surface area contributed by atoms with E-state index in [1.165, 1.54) is 0 Å². The fourth-order valence-corrected chi connectivity index (χ4v) is 0. The largest absolute Gasteiger partial charge is 0.668 e. The fraction of sp³-hybridized carbons (Fsp3) is 1.00. The van der Waals surface area contributed by atoms with Crippen molar-refractivity contribution in [2.24, 2.45) is 0 Å². The van der Waals surface area contributed by atoms with E-state index in [2.05, 4.69) is 26.6 Å². The maximum atomic E-state index is 3.50. The van der Waals surface area contributed by atoms with Crippen LogP contribution in [0.4, 0.5) is 0 Å². The first-order valence-corrected chi connectivity index (χ1v) is 4.47. The summed E-state index contributed by atoms with van der Waals surface area (Å²) in [6.45, 7) is 0. The van der Waals surface area contributed by atoms with Crippen LogP contribution in [0, 0.1) is 0 Å². The summed E-state index contributed by atoms with van der Waals surface area (Å²) in [4.78, 5) is 0. The molecule has 0 spiro atoms. The fourth-order valence-electron chi connectivity index (χ4n) is 0. The predicted molar refractivity (Wildman–Crippen MR) is 76.0 cm³/mol. The summed E-state index contributed by atoms with van der Waals surface area (Å²) in [5.41, 5.74) is 0. The third-order valence-electron chi connectivity index (χ3n) is 0. The Balaban J connectivity index is -0.0000000192. The van der Waals surface area contributed by atoms with Crippen LogP contribution in [0.3, 0.4) is 0 Å². The molecule has 0 heterocycles. The van der Waals surface area contributed by atoms with Crippen molar-refractivity contribution in [3.63, 3.8) is 0 Å². The van der Waals surface area contributed by atoms with Gasteiger partial charge in [-0.25, -0.2) is 0 Å². The Labute approximate surface area is 116 Å². The molecule has 0 bridgehead atoms. The van der Waals surface area contributed by atoms with Crippen LogP contribution >= 0.6 is 0 Å². The van der Waals surface area contributed by atoms with E-state index >= 15 is 0 Å². The number of nitrogens with zero attached hydrogens (tertiary/aromatic N) is 5. The second-order valence-corrected chi connectivity index (χ2v) is 2.24. The van der Waals surface area contributed by atoms with Crippen molar-refractivity contribution in [2.45, 2.75) is 0 Å². The molecule has 0 unspecified atom stereocenters. The van der Waals surface area contributed by atoms with E-state index in [1.807, 2.05) is 0 Å². The van der Waals surface area contributed by atoms with Gasteiger partial charge in [0.25, 0.3) is 0 Å². The van der Waals surface area contributed by atoms with Gasteiger partial charge in [0.1, 0.15) is 0 Å². The SMILES string of the molecule is C[N-]C.C[N-]C.C[N-]C.C[N-]C.C[N-]C.[V]. The molecule has 0 aliphatic heterocycles. The summed E-state index contributed by atoms with van der Waals surface area (Å²) in [5.74, 6) is 0. The maximum Gasteiger partial charge on any atom is 0 e. The summed E-state index contributed by atoms with van der Waals surface area (Å²) in [7, 11) is 17.5. The summed E-state index contributed by atoms with van der Waals surface area (Å²) in [6, 6.07) is 0. The molecule has 0 aromatic rings. The van der Waals surface area contributed by atoms with Crippen LogP contribution < -0.4 is 0 Å². The molecule has 6 heteroatoms. The molecule has 0 atom stereocenters. The first-order chi connectivity index (χ1) is 7.07. The van der Waals surface area contributed by atoms with Crippen molar-refractivity contribution in [2.75, 3.05) is 70.5 Å². The minimum atomic E-state index is 0. The average molecular weight is 271 g/mol. The topological polar surface area (TPSA) is 70.5 Å². The van der Waals surface area contributed by atoms with E-state index < -0.39 is 0 Å². The Hall–Kier alpha value is 0.384. The summed E-state index contributed by atoms with van der Waals surface area (Å²) in [6.07, 6.45) is 0. The van der Waals surface area contributed by atoms with E-state index in [0.29, 0.717) is 0 Å². The number of hydrogen-bond acceptors (Lipinski definition) is 0. The third-order valence-corrected chi connectivity index (χ3v) is 0. The quantitative estimate of drug-likeness (QED) is 0.649. The number of rotatable bonds is 0. The van der Waals surface area contributed by atoms with E-state index in [0.717, 1.165) is 0 Å². The molecule has 0 fully saturated rings. The van der Waals surface area contributed by atoms with Crippen LogP contribution in [0.15, 0.2) is 0 Å². The van der Waals surface area contributed by atoms with Crippen molar-refractivity contribution < 1.29 is 18.6 Å². The van der Waals surface area contributed by atoms with Crippen molar-refractivity contribution >= 4 is 0 Å². The maximum absolute atomic E-state index is 3.50. The van der Waals surface area contributed by atoms with Crippen LogP contribution in [-0.4, -0.2) is 70.5 Å². The van der Waals surface area contributed by atoms with Gasteiger partial charge in [-0.1, -0.05) is 0 Å². The standard InChI is InChI=1S/5C2H6N.V/c5*1-3-2;/h5*1-2H3;/q5*-1;. The number of hydrogen-bond donors (Lipinski definition) is 0. The first kappa shape index (κ1) is 36.0. The molecule has 0 saturated carbocycles. The van der Waals surface area contributed by atoms with Crippen LogP contribution in [-0.2, 0) is 18.6 Å². The van der Waals surface area contributed by atoms with E-state index in [-0.39, 0.29) is 18.6 Å². The molecule has 0 aliphatic carbocycles. The summed E-state index contributed by atoms with van der Waals surface area (Å²) >= 11 is 0. The van der Waals surface area contributed by atoms with Gasteiger partial charge in [-0.05, 0) is 0 Å². The minimum Gasteiger partial charge on any atom is -0.668 e. The van der Waals surface area contributed by atoms with Gasteiger partial charge in [0.2, 0.25) is 0 Å². The van der Waals surface area contributed by atoms with Crippen molar-refractivity contribution in [1.82, 2.24) is 0 Å². The van der Waals surface area contributed by atoms with Crippen LogP contribution in [0.5, 0.6) is 0 Å². The van der Waals surface area contributed by atoms with Crippen LogP contribution in [0.1, 0.15) is 0 Å². The minimum absolute atomic E-state index is 0. The molecule has 0 rings (SSSR count). The van der Waals surface area contributed by atoms with Gasteiger partial charge in [0.15, 0.2) is 0 Å². The molecule has 0 amide bonds. The van der Waals surface area contributed by atoms with Crippen LogP contribution in [0.2, 0.25) is 0 Å². The normalized spacial score (nSPS) is 5.62. The van der Waals surface area contributed by atoms with Gasteiger partial charge in [-0.15, -0.1) is 0 Å². The van der Waals surface area contributed by atoms with E-state index in [9.17, 15) is 0 Å². The summed E-state index contributed by atoms with van der Waals surface area (Å²) in [5, 5.41) is 17.5. The Morgan fingerprint density at radius 1 is 0.312 bits per heavy atom. The zero-order chi connectivity index (χ0) is 13.5. The molecule has 16 heavy (non-hydrogen) atoms. The second-order valence-electron chi connectivity index (χ2n) is 2.24. The molecule has 0 aromatic heterocycles. The van der Waals surface area contributed by atoms with E-state index in [4.69, 9.17) is 0 Å². The van der Waals surface area contributed by atoms with Crippen molar-refractivity contribution in [3.8, 4) is 0 Å². The molecule has 5 nitrogen and oxygen atoms in total. The molecule has 1 radical (unpaired) electrons. The molecular formula is C10H30N5V-5. The summed E-state index contributed by atoms with van der Waals surface area (Å²) < 4.78 is 0.